The fourth-order valence-corrected chi connectivity index (χ4v) is 3.48. The number of carbonyl (C=O) groups excluding carboxylic acids is 1. The van der Waals surface area contributed by atoms with Crippen LogP contribution < -0.4 is 10.2 Å². The first kappa shape index (κ1) is 26.8. The van der Waals surface area contributed by atoms with E-state index < -0.39 is 23.4 Å². The summed E-state index contributed by atoms with van der Waals surface area (Å²) in [6.45, 7) is 7.01. The van der Waals surface area contributed by atoms with E-state index in [-0.39, 0.29) is 0 Å². The van der Waals surface area contributed by atoms with E-state index in [1.54, 1.807) is 45.8 Å². The number of benzene rings is 2. The van der Waals surface area contributed by atoms with Crippen LogP contribution in [0.5, 0.6) is 0 Å². The molecule has 5 nitrogen and oxygen atoms in total. The standard InChI is InChI=1S/C24H31ClF3N3O2/c1-23(2,3)33-22(32)29-11-12-31(15-17-7-6-8-20(25)13-17)16-18-9-10-19(24(26,27)28)14-21(18)30(4)5/h6-10,13-14H,11-12,15-16H2,1-5H3,(H,29,32). The fourth-order valence-electron chi connectivity index (χ4n) is 3.27. The lowest BCUT2D eigenvalue weighted by atomic mass is 10.1. The number of carbonyl (C=O) groups is 1. The number of amides is 1. The van der Waals surface area contributed by atoms with Crippen LogP contribution in [0.2, 0.25) is 5.02 Å². The minimum atomic E-state index is -4.42. The molecule has 1 N–H and O–H groups in total. The van der Waals surface area contributed by atoms with E-state index in [9.17, 15) is 18.0 Å². The third-order valence-electron chi connectivity index (χ3n) is 4.68. The van der Waals surface area contributed by atoms with Gasteiger partial charge in [0.2, 0.25) is 0 Å². The summed E-state index contributed by atoms with van der Waals surface area (Å²) in [5.74, 6) is 0. The van der Waals surface area contributed by atoms with Gasteiger partial charge in [0.1, 0.15) is 5.60 Å². The van der Waals surface area contributed by atoms with E-state index in [0.29, 0.717) is 36.9 Å². The summed E-state index contributed by atoms with van der Waals surface area (Å²) in [6.07, 6.45) is -4.94. The lowest BCUT2D eigenvalue weighted by Gasteiger charge is -2.27. The normalized spacial score (nSPS) is 12.1. The fraction of sp³-hybridized carbons (Fsp3) is 0.458. The van der Waals surface area contributed by atoms with E-state index in [1.807, 2.05) is 23.1 Å². The summed E-state index contributed by atoms with van der Waals surface area (Å²) in [4.78, 5) is 15.7. The monoisotopic (exact) mass is 485 g/mol. The highest BCUT2D eigenvalue weighted by molar-refractivity contribution is 6.30. The molecule has 0 fully saturated rings. The number of ether oxygens (including phenoxy) is 1. The van der Waals surface area contributed by atoms with Gasteiger partial charge < -0.3 is 15.0 Å². The summed E-state index contributed by atoms with van der Waals surface area (Å²) < 4.78 is 44.9. The Hall–Kier alpha value is -2.45. The molecular weight excluding hydrogens is 455 g/mol. The average Bonchev–Trinajstić information content (AvgIpc) is 2.65. The molecule has 0 spiro atoms. The van der Waals surface area contributed by atoms with Gasteiger partial charge in [-0.3, -0.25) is 4.90 Å². The molecule has 0 aliphatic heterocycles. The molecule has 33 heavy (non-hydrogen) atoms. The molecule has 0 aliphatic rings. The number of alkyl carbamates (subject to hydrolysis) is 1. The zero-order valence-corrected chi connectivity index (χ0v) is 20.3. The van der Waals surface area contributed by atoms with Crippen molar-refractivity contribution in [2.24, 2.45) is 0 Å². The van der Waals surface area contributed by atoms with Gasteiger partial charge in [-0.05, 0) is 56.2 Å². The molecule has 9 heteroatoms. The Labute approximate surface area is 198 Å². The number of anilines is 1. The summed E-state index contributed by atoms with van der Waals surface area (Å²) in [7, 11) is 3.43. The van der Waals surface area contributed by atoms with Crippen LogP contribution in [-0.2, 0) is 24.0 Å². The van der Waals surface area contributed by atoms with Crippen molar-refractivity contribution in [2.45, 2.75) is 45.6 Å². The van der Waals surface area contributed by atoms with Crippen LogP contribution in [0.3, 0.4) is 0 Å². The van der Waals surface area contributed by atoms with Crippen molar-refractivity contribution >= 4 is 23.4 Å². The Morgan fingerprint density at radius 1 is 1.06 bits per heavy atom. The summed E-state index contributed by atoms with van der Waals surface area (Å²) in [5, 5.41) is 3.33. The molecule has 0 aromatic heterocycles. The number of hydrogen-bond acceptors (Lipinski definition) is 4. The molecule has 0 saturated carbocycles. The van der Waals surface area contributed by atoms with Crippen LogP contribution in [0.4, 0.5) is 23.7 Å². The second-order valence-corrected chi connectivity index (χ2v) is 9.44. The van der Waals surface area contributed by atoms with Crippen LogP contribution in [0.25, 0.3) is 0 Å². The first-order chi connectivity index (χ1) is 15.2. The van der Waals surface area contributed by atoms with Gasteiger partial charge in [0.05, 0.1) is 5.56 Å². The van der Waals surface area contributed by atoms with Gasteiger partial charge in [-0.2, -0.15) is 13.2 Å². The van der Waals surface area contributed by atoms with Crippen molar-refractivity contribution in [3.05, 3.63) is 64.2 Å². The summed E-state index contributed by atoms with van der Waals surface area (Å²) >= 11 is 6.12. The van der Waals surface area contributed by atoms with Crippen LogP contribution in [0, 0.1) is 0 Å². The Kier molecular flexibility index (Phi) is 9.03. The topological polar surface area (TPSA) is 44.8 Å². The second-order valence-electron chi connectivity index (χ2n) is 9.00. The Morgan fingerprint density at radius 2 is 1.76 bits per heavy atom. The number of alkyl halides is 3. The van der Waals surface area contributed by atoms with E-state index in [1.165, 1.54) is 6.07 Å². The van der Waals surface area contributed by atoms with Crippen molar-refractivity contribution in [3.63, 3.8) is 0 Å². The SMILES string of the molecule is CN(C)c1cc(C(F)(F)F)ccc1CN(CCNC(=O)OC(C)(C)C)Cc1cccc(Cl)c1. The maximum Gasteiger partial charge on any atom is 0.416 e. The lowest BCUT2D eigenvalue weighted by Crippen LogP contribution is -2.37. The van der Waals surface area contributed by atoms with Gasteiger partial charge in [-0.15, -0.1) is 0 Å². The molecule has 2 aromatic rings. The average molecular weight is 486 g/mol. The van der Waals surface area contributed by atoms with Crippen molar-refractivity contribution in [1.82, 2.24) is 10.2 Å². The second kappa shape index (κ2) is 11.1. The van der Waals surface area contributed by atoms with Gasteiger partial charge in [0, 0.05) is 51.0 Å². The minimum Gasteiger partial charge on any atom is -0.444 e. The summed E-state index contributed by atoms with van der Waals surface area (Å²) in [6, 6.07) is 11.2. The van der Waals surface area contributed by atoms with Crippen LogP contribution in [-0.4, -0.2) is 43.8 Å². The molecule has 2 aromatic carbocycles. The Balaban J connectivity index is 2.21. The van der Waals surface area contributed by atoms with E-state index in [4.69, 9.17) is 16.3 Å². The van der Waals surface area contributed by atoms with Gasteiger partial charge in [-0.1, -0.05) is 29.8 Å². The molecule has 0 saturated heterocycles. The van der Waals surface area contributed by atoms with Gasteiger partial charge in [0.25, 0.3) is 0 Å². The number of nitrogens with zero attached hydrogens (tertiary/aromatic N) is 2. The van der Waals surface area contributed by atoms with Gasteiger partial charge in [0.15, 0.2) is 0 Å². The highest BCUT2D eigenvalue weighted by Gasteiger charge is 2.31. The summed E-state index contributed by atoms with van der Waals surface area (Å²) in [5.41, 5.74) is 0.889. The van der Waals surface area contributed by atoms with Crippen molar-refractivity contribution in [3.8, 4) is 0 Å². The first-order valence-corrected chi connectivity index (χ1v) is 10.9. The van der Waals surface area contributed by atoms with E-state index >= 15 is 0 Å². The molecule has 0 radical (unpaired) electrons. The molecule has 182 valence electrons. The highest BCUT2D eigenvalue weighted by Crippen LogP contribution is 2.33. The zero-order chi connectivity index (χ0) is 24.8. The van der Waals surface area contributed by atoms with Crippen LogP contribution in [0.1, 0.15) is 37.5 Å². The molecule has 0 aliphatic carbocycles. The zero-order valence-electron chi connectivity index (χ0n) is 19.6. The smallest absolute Gasteiger partial charge is 0.416 e. The maximum atomic E-state index is 13.2. The maximum absolute atomic E-state index is 13.2. The third kappa shape index (κ3) is 9.14. The molecule has 2 rings (SSSR count). The molecule has 0 heterocycles. The van der Waals surface area contributed by atoms with Gasteiger partial charge in [-0.25, -0.2) is 4.79 Å². The van der Waals surface area contributed by atoms with Crippen LogP contribution >= 0.6 is 11.6 Å². The molecular formula is C24H31ClF3N3O2. The van der Waals surface area contributed by atoms with Gasteiger partial charge >= 0.3 is 12.3 Å². The van der Waals surface area contributed by atoms with Crippen molar-refractivity contribution in [1.29, 1.82) is 0 Å². The number of nitrogens with one attached hydrogen (secondary N) is 1. The Bertz CT molecular complexity index is 943. The number of halogens is 4. The number of rotatable bonds is 8. The number of hydrogen-bond donors (Lipinski definition) is 1. The Morgan fingerprint density at radius 3 is 2.33 bits per heavy atom. The van der Waals surface area contributed by atoms with E-state index in [2.05, 4.69) is 5.32 Å². The lowest BCUT2D eigenvalue weighted by molar-refractivity contribution is -0.137. The van der Waals surface area contributed by atoms with Crippen LogP contribution in [0.15, 0.2) is 42.5 Å². The largest absolute Gasteiger partial charge is 0.444 e. The quantitative estimate of drug-likeness (QED) is 0.501. The molecule has 1 amide bonds. The first-order valence-electron chi connectivity index (χ1n) is 10.6. The highest BCUT2D eigenvalue weighted by atomic mass is 35.5. The predicted molar refractivity (Wildman–Crippen MR) is 126 cm³/mol. The molecule has 0 bridgehead atoms. The van der Waals surface area contributed by atoms with E-state index in [0.717, 1.165) is 23.3 Å². The van der Waals surface area contributed by atoms with Crippen molar-refractivity contribution in [2.75, 3.05) is 32.1 Å². The molecule has 0 unspecified atom stereocenters. The minimum absolute atomic E-state index is 0.313. The third-order valence-corrected chi connectivity index (χ3v) is 4.91. The predicted octanol–water partition coefficient (Wildman–Crippen LogP) is 5.95. The molecule has 0 atom stereocenters. The van der Waals surface area contributed by atoms with Crippen molar-refractivity contribution < 1.29 is 22.7 Å².